The van der Waals surface area contributed by atoms with Crippen molar-refractivity contribution in [2.75, 3.05) is 7.05 Å². The number of aromatic nitrogens is 2. The Balaban J connectivity index is 2.59. The van der Waals surface area contributed by atoms with Crippen LogP contribution in [0.15, 0.2) is 30.7 Å². The van der Waals surface area contributed by atoms with E-state index in [1.165, 1.54) is 5.56 Å². The van der Waals surface area contributed by atoms with Crippen LogP contribution in [0, 0.1) is 6.92 Å². The van der Waals surface area contributed by atoms with Crippen LogP contribution in [0.4, 0.5) is 0 Å². The Morgan fingerprint density at radius 2 is 2.06 bits per heavy atom. The highest BCUT2D eigenvalue weighted by atomic mass is 35.5. The number of nitrogens with one attached hydrogen (secondary N) is 1. The first-order valence-electron chi connectivity index (χ1n) is 5.94. The molecule has 0 saturated heterocycles. The summed E-state index contributed by atoms with van der Waals surface area (Å²) in [6.45, 7) is 6.29. The summed E-state index contributed by atoms with van der Waals surface area (Å²) >= 11 is 6.28. The molecule has 4 heteroatoms. The quantitative estimate of drug-likeness (QED) is 0.921. The molecule has 96 valence electrons. The SMILES string of the molecule is CNC(C)(C)c1cncn1-c1cc(C)ccc1Cl. The van der Waals surface area contributed by atoms with Gasteiger partial charge in [-0.25, -0.2) is 4.98 Å². The third-order valence-corrected chi connectivity index (χ3v) is 3.58. The molecule has 0 aliphatic heterocycles. The van der Waals surface area contributed by atoms with Crippen LogP contribution in [0.25, 0.3) is 5.69 Å². The van der Waals surface area contributed by atoms with E-state index in [4.69, 9.17) is 11.6 Å². The van der Waals surface area contributed by atoms with Gasteiger partial charge in [-0.1, -0.05) is 17.7 Å². The second kappa shape index (κ2) is 4.75. The van der Waals surface area contributed by atoms with E-state index in [1.807, 2.05) is 29.9 Å². The van der Waals surface area contributed by atoms with E-state index in [0.717, 1.165) is 16.4 Å². The third-order valence-electron chi connectivity index (χ3n) is 3.27. The number of aryl methyl sites for hydroxylation is 1. The lowest BCUT2D eigenvalue weighted by Crippen LogP contribution is -2.35. The monoisotopic (exact) mass is 263 g/mol. The maximum absolute atomic E-state index is 6.28. The smallest absolute Gasteiger partial charge is 0.0995 e. The molecule has 2 rings (SSSR count). The zero-order valence-corrected chi connectivity index (χ0v) is 11.9. The number of benzene rings is 1. The Morgan fingerprint density at radius 3 is 2.72 bits per heavy atom. The highest BCUT2D eigenvalue weighted by Gasteiger charge is 2.23. The van der Waals surface area contributed by atoms with Gasteiger partial charge in [0.25, 0.3) is 0 Å². The first kappa shape index (κ1) is 13.1. The van der Waals surface area contributed by atoms with Gasteiger partial charge in [-0.2, -0.15) is 0 Å². The van der Waals surface area contributed by atoms with E-state index in [0.29, 0.717) is 0 Å². The highest BCUT2D eigenvalue weighted by Crippen LogP contribution is 2.27. The van der Waals surface area contributed by atoms with Gasteiger partial charge in [0.2, 0.25) is 0 Å². The minimum atomic E-state index is -0.163. The molecule has 1 aromatic heterocycles. The van der Waals surface area contributed by atoms with Gasteiger partial charge < -0.3 is 5.32 Å². The fraction of sp³-hybridized carbons (Fsp3) is 0.357. The van der Waals surface area contributed by atoms with Crippen LogP contribution in [-0.2, 0) is 5.54 Å². The van der Waals surface area contributed by atoms with E-state index in [2.05, 4.69) is 37.1 Å². The topological polar surface area (TPSA) is 29.9 Å². The lowest BCUT2D eigenvalue weighted by molar-refractivity contribution is 0.425. The van der Waals surface area contributed by atoms with Gasteiger partial charge in [0.15, 0.2) is 0 Å². The van der Waals surface area contributed by atoms with E-state index in [-0.39, 0.29) is 5.54 Å². The molecule has 0 aliphatic carbocycles. The molecule has 0 unspecified atom stereocenters. The van der Waals surface area contributed by atoms with Crippen LogP contribution < -0.4 is 5.32 Å². The average molecular weight is 264 g/mol. The summed E-state index contributed by atoms with van der Waals surface area (Å²) in [7, 11) is 1.94. The van der Waals surface area contributed by atoms with Crippen molar-refractivity contribution in [1.29, 1.82) is 0 Å². The first-order chi connectivity index (χ1) is 8.45. The zero-order valence-electron chi connectivity index (χ0n) is 11.2. The molecule has 3 nitrogen and oxygen atoms in total. The summed E-state index contributed by atoms with van der Waals surface area (Å²) in [6.07, 6.45) is 3.67. The van der Waals surface area contributed by atoms with Crippen LogP contribution in [0.5, 0.6) is 0 Å². The van der Waals surface area contributed by atoms with E-state index >= 15 is 0 Å². The molecule has 0 spiro atoms. The Kier molecular flexibility index (Phi) is 3.46. The van der Waals surface area contributed by atoms with Crippen LogP contribution in [-0.4, -0.2) is 16.6 Å². The maximum atomic E-state index is 6.28. The van der Waals surface area contributed by atoms with Crippen molar-refractivity contribution < 1.29 is 0 Å². The Labute approximate surface area is 113 Å². The van der Waals surface area contributed by atoms with Gasteiger partial charge in [0.05, 0.1) is 34.5 Å². The van der Waals surface area contributed by atoms with Crippen LogP contribution in [0.1, 0.15) is 25.1 Å². The normalized spacial score (nSPS) is 11.8. The van der Waals surface area contributed by atoms with Crippen molar-refractivity contribution >= 4 is 11.6 Å². The molecule has 1 heterocycles. The summed E-state index contributed by atoms with van der Waals surface area (Å²) in [5.74, 6) is 0. The fourth-order valence-corrected chi connectivity index (χ4v) is 2.09. The molecule has 0 atom stereocenters. The van der Waals surface area contributed by atoms with Crippen molar-refractivity contribution in [3.8, 4) is 5.69 Å². The van der Waals surface area contributed by atoms with Crippen molar-refractivity contribution in [2.24, 2.45) is 0 Å². The van der Waals surface area contributed by atoms with Crippen molar-refractivity contribution in [3.63, 3.8) is 0 Å². The van der Waals surface area contributed by atoms with Crippen LogP contribution in [0.2, 0.25) is 5.02 Å². The molecule has 1 aromatic carbocycles. The van der Waals surface area contributed by atoms with Crippen LogP contribution >= 0.6 is 11.6 Å². The predicted molar refractivity (Wildman–Crippen MR) is 75.4 cm³/mol. The lowest BCUT2D eigenvalue weighted by atomic mass is 10.0. The summed E-state index contributed by atoms with van der Waals surface area (Å²) in [6, 6.07) is 5.99. The zero-order chi connectivity index (χ0) is 13.3. The molecule has 18 heavy (non-hydrogen) atoms. The number of hydrogen-bond acceptors (Lipinski definition) is 2. The summed E-state index contributed by atoms with van der Waals surface area (Å²) < 4.78 is 2.03. The molecular weight excluding hydrogens is 246 g/mol. The number of rotatable bonds is 3. The predicted octanol–water partition coefficient (Wildman–Crippen LogP) is 3.29. The van der Waals surface area contributed by atoms with Gasteiger partial charge >= 0.3 is 0 Å². The second-order valence-corrected chi connectivity index (χ2v) is 5.39. The molecule has 0 radical (unpaired) electrons. The lowest BCUT2D eigenvalue weighted by Gasteiger charge is -2.25. The molecule has 0 fully saturated rings. The standard InChI is InChI=1S/C14H18ClN3/c1-10-5-6-11(15)12(7-10)18-9-17-8-13(18)14(2,3)16-4/h5-9,16H,1-4H3. The highest BCUT2D eigenvalue weighted by molar-refractivity contribution is 6.32. The van der Waals surface area contributed by atoms with Gasteiger partial charge in [-0.15, -0.1) is 0 Å². The summed E-state index contributed by atoms with van der Waals surface area (Å²) in [5, 5.41) is 4.01. The number of halogens is 1. The molecular formula is C14H18ClN3. The molecule has 2 aromatic rings. The number of nitrogens with zero attached hydrogens (tertiary/aromatic N) is 2. The van der Waals surface area contributed by atoms with Crippen molar-refractivity contribution in [1.82, 2.24) is 14.9 Å². The van der Waals surface area contributed by atoms with E-state index in [1.54, 1.807) is 6.33 Å². The van der Waals surface area contributed by atoms with Gasteiger partial charge in [-0.05, 0) is 45.5 Å². The van der Waals surface area contributed by atoms with Gasteiger partial charge in [-0.3, -0.25) is 4.57 Å². The van der Waals surface area contributed by atoms with Crippen LogP contribution in [0.3, 0.4) is 0 Å². The summed E-state index contributed by atoms with van der Waals surface area (Å²) in [4.78, 5) is 4.25. The van der Waals surface area contributed by atoms with Crippen molar-refractivity contribution in [3.05, 3.63) is 47.0 Å². The Hall–Kier alpha value is -1.32. The van der Waals surface area contributed by atoms with Crippen molar-refractivity contribution in [2.45, 2.75) is 26.3 Å². The maximum Gasteiger partial charge on any atom is 0.0995 e. The first-order valence-corrected chi connectivity index (χ1v) is 6.32. The second-order valence-electron chi connectivity index (χ2n) is 4.98. The average Bonchev–Trinajstić information content (AvgIpc) is 2.82. The van der Waals surface area contributed by atoms with Gasteiger partial charge in [0, 0.05) is 0 Å². The van der Waals surface area contributed by atoms with Gasteiger partial charge in [0.1, 0.15) is 0 Å². The minimum Gasteiger partial charge on any atom is -0.310 e. The third kappa shape index (κ3) is 2.28. The minimum absolute atomic E-state index is 0.163. The number of imidazole rings is 1. The molecule has 0 aliphatic rings. The molecule has 1 N–H and O–H groups in total. The van der Waals surface area contributed by atoms with E-state index in [9.17, 15) is 0 Å². The molecule has 0 amide bonds. The van der Waals surface area contributed by atoms with E-state index < -0.39 is 0 Å². The Morgan fingerprint density at radius 1 is 1.33 bits per heavy atom. The summed E-state index contributed by atoms with van der Waals surface area (Å²) in [5.41, 5.74) is 3.06. The molecule has 0 bridgehead atoms. The fourth-order valence-electron chi connectivity index (χ4n) is 1.88. The molecule has 0 saturated carbocycles. The largest absolute Gasteiger partial charge is 0.310 e. The Bertz CT molecular complexity index is 558. The number of hydrogen-bond donors (Lipinski definition) is 1.